The number of hydrogen-bond donors (Lipinski definition) is 3. The summed E-state index contributed by atoms with van der Waals surface area (Å²) in [6, 6.07) is 6.50. The molecule has 0 atom stereocenters. The Labute approximate surface area is 167 Å². The van der Waals surface area contributed by atoms with Gasteiger partial charge in [0.2, 0.25) is 5.91 Å². The molecule has 1 amide bonds. The highest BCUT2D eigenvalue weighted by Crippen LogP contribution is 2.28. The summed E-state index contributed by atoms with van der Waals surface area (Å²) >= 11 is 0. The quantitative estimate of drug-likeness (QED) is 0.458. The van der Waals surface area contributed by atoms with E-state index in [0.717, 1.165) is 5.56 Å². The fourth-order valence-corrected chi connectivity index (χ4v) is 3.88. The van der Waals surface area contributed by atoms with Crippen molar-refractivity contribution in [1.29, 1.82) is 0 Å². The molecule has 0 saturated carbocycles. The Hall–Kier alpha value is -2.34. The van der Waals surface area contributed by atoms with Crippen LogP contribution in [0.2, 0.25) is 0 Å². The number of nitrogens with zero attached hydrogens (tertiary/aromatic N) is 2. The largest absolute Gasteiger partial charge is 0.511 e. The smallest absolute Gasteiger partial charge is 0.366 e. The molecule has 12 heteroatoms. The molecule has 1 aliphatic rings. The van der Waals surface area contributed by atoms with Crippen LogP contribution in [0.5, 0.6) is 0 Å². The number of piperidine rings is 1. The average Bonchev–Trinajstić information content (AvgIpc) is 2.66. The maximum absolute atomic E-state index is 12.7. The van der Waals surface area contributed by atoms with Crippen LogP contribution in [0.25, 0.3) is 0 Å². The summed E-state index contributed by atoms with van der Waals surface area (Å²) in [5.41, 5.74) is 1.11. The molecule has 0 aliphatic carbocycles. The molecule has 1 heterocycles. The summed E-state index contributed by atoms with van der Waals surface area (Å²) in [5.74, 6) is -0.0875. The summed E-state index contributed by atoms with van der Waals surface area (Å²) in [6.07, 6.45) is 0.438. The molecule has 0 unspecified atom stereocenters. The summed E-state index contributed by atoms with van der Waals surface area (Å²) in [7, 11) is -5.30. The van der Waals surface area contributed by atoms with Crippen LogP contribution < -0.4 is 16.4 Å². The highest BCUT2D eigenvalue weighted by molar-refractivity contribution is 7.90. The van der Waals surface area contributed by atoms with Gasteiger partial charge in [-0.3, -0.25) is 4.79 Å². The Bertz CT molecular complexity index is 850. The van der Waals surface area contributed by atoms with E-state index in [1.807, 2.05) is 6.92 Å². The van der Waals surface area contributed by atoms with Gasteiger partial charge in [0, 0.05) is 31.2 Å². The van der Waals surface area contributed by atoms with Crippen molar-refractivity contribution in [3.8, 4) is 0 Å². The van der Waals surface area contributed by atoms with Crippen LogP contribution in [0.15, 0.2) is 29.3 Å². The molecule has 29 heavy (non-hydrogen) atoms. The van der Waals surface area contributed by atoms with E-state index in [9.17, 15) is 26.4 Å². The second-order valence-corrected chi connectivity index (χ2v) is 8.46. The highest BCUT2D eigenvalue weighted by atomic mass is 32.2. The third-order valence-corrected chi connectivity index (χ3v) is 6.03. The van der Waals surface area contributed by atoms with Gasteiger partial charge in [0.15, 0.2) is 5.96 Å². The summed E-state index contributed by atoms with van der Waals surface area (Å²) in [6.45, 7) is 2.24. The van der Waals surface area contributed by atoms with E-state index in [1.54, 1.807) is 24.3 Å². The minimum absolute atomic E-state index is 0.218. The van der Waals surface area contributed by atoms with Gasteiger partial charge in [-0.25, -0.2) is 13.4 Å². The van der Waals surface area contributed by atoms with Gasteiger partial charge < -0.3 is 16.4 Å². The topological polar surface area (TPSA) is 117 Å². The second kappa shape index (κ2) is 9.44. The van der Waals surface area contributed by atoms with Crippen molar-refractivity contribution >= 4 is 21.9 Å². The second-order valence-electron chi connectivity index (χ2n) is 6.53. The fraction of sp³-hybridized carbons (Fsp3) is 0.529. The number of guanidine groups is 1. The van der Waals surface area contributed by atoms with Gasteiger partial charge in [0.1, 0.15) is 0 Å². The SMILES string of the molecule is CCNC(=NCc1cccc(C(N)=O)c1)NC1CCN(S(=O)(=O)C(F)(F)F)CC1. The molecule has 4 N–H and O–H groups in total. The Morgan fingerprint density at radius 1 is 1.31 bits per heavy atom. The van der Waals surface area contributed by atoms with E-state index in [4.69, 9.17) is 5.73 Å². The Morgan fingerprint density at radius 3 is 2.52 bits per heavy atom. The monoisotopic (exact) mass is 435 g/mol. The first-order valence-corrected chi connectivity index (χ1v) is 10.5. The Kier molecular flexibility index (Phi) is 7.47. The first kappa shape index (κ1) is 22.9. The first-order valence-electron chi connectivity index (χ1n) is 9.04. The lowest BCUT2D eigenvalue weighted by Crippen LogP contribution is -2.51. The first-order chi connectivity index (χ1) is 13.5. The van der Waals surface area contributed by atoms with Gasteiger partial charge in [-0.15, -0.1) is 0 Å². The number of nitrogens with one attached hydrogen (secondary N) is 2. The minimum atomic E-state index is -5.30. The standard InChI is InChI=1S/C17H24F3N5O3S/c1-2-22-16(23-11-12-4-3-5-13(10-12)15(21)26)24-14-6-8-25(9-7-14)29(27,28)17(18,19)20/h3-5,10,14H,2,6-9,11H2,1H3,(H2,21,26)(H2,22,23,24). The molecule has 1 fully saturated rings. The van der Waals surface area contributed by atoms with E-state index < -0.39 is 21.4 Å². The molecule has 1 saturated heterocycles. The van der Waals surface area contributed by atoms with Gasteiger partial charge in [0.25, 0.3) is 0 Å². The lowest BCUT2D eigenvalue weighted by Gasteiger charge is -2.32. The zero-order valence-electron chi connectivity index (χ0n) is 15.9. The molecule has 0 spiro atoms. The van der Waals surface area contributed by atoms with Gasteiger partial charge in [0.05, 0.1) is 6.54 Å². The van der Waals surface area contributed by atoms with Crippen molar-refractivity contribution in [3.63, 3.8) is 0 Å². The van der Waals surface area contributed by atoms with Gasteiger partial charge in [-0.05, 0) is 37.5 Å². The van der Waals surface area contributed by atoms with Crippen molar-refractivity contribution in [2.75, 3.05) is 19.6 Å². The number of amides is 1. The summed E-state index contributed by atoms with van der Waals surface area (Å²) in [5, 5.41) is 6.16. The minimum Gasteiger partial charge on any atom is -0.366 e. The molecular formula is C17H24F3N5O3S. The van der Waals surface area contributed by atoms with Crippen molar-refractivity contribution in [3.05, 3.63) is 35.4 Å². The third-order valence-electron chi connectivity index (χ3n) is 4.40. The number of benzene rings is 1. The summed E-state index contributed by atoms with van der Waals surface area (Å²) < 4.78 is 61.4. The van der Waals surface area contributed by atoms with Gasteiger partial charge in [-0.2, -0.15) is 17.5 Å². The predicted octanol–water partition coefficient (Wildman–Crippen LogP) is 1.15. The maximum atomic E-state index is 12.7. The van der Waals surface area contributed by atoms with Crippen LogP contribution in [-0.4, -0.2) is 55.8 Å². The molecule has 0 bridgehead atoms. The van der Waals surface area contributed by atoms with E-state index >= 15 is 0 Å². The molecule has 0 radical (unpaired) electrons. The number of halogens is 3. The van der Waals surface area contributed by atoms with E-state index in [2.05, 4.69) is 15.6 Å². The van der Waals surface area contributed by atoms with Gasteiger partial charge >= 0.3 is 15.5 Å². The van der Waals surface area contributed by atoms with Crippen LogP contribution in [0.4, 0.5) is 13.2 Å². The number of rotatable bonds is 6. The van der Waals surface area contributed by atoms with E-state index in [0.29, 0.717) is 22.4 Å². The van der Waals surface area contributed by atoms with Crippen molar-refractivity contribution in [2.24, 2.45) is 10.7 Å². The van der Waals surface area contributed by atoms with Crippen molar-refractivity contribution in [1.82, 2.24) is 14.9 Å². The third kappa shape index (κ3) is 6.07. The predicted molar refractivity (Wildman–Crippen MR) is 102 cm³/mol. The number of nitrogens with two attached hydrogens (primary N) is 1. The highest BCUT2D eigenvalue weighted by Gasteiger charge is 2.50. The van der Waals surface area contributed by atoms with Crippen LogP contribution in [0.1, 0.15) is 35.7 Å². The molecule has 162 valence electrons. The lowest BCUT2D eigenvalue weighted by atomic mass is 10.1. The number of alkyl halides is 3. The lowest BCUT2D eigenvalue weighted by molar-refractivity contribution is -0.0494. The molecule has 1 aromatic rings. The molecule has 2 rings (SSSR count). The zero-order chi connectivity index (χ0) is 21.7. The number of hydrogen-bond acceptors (Lipinski definition) is 4. The molecule has 8 nitrogen and oxygen atoms in total. The van der Waals surface area contributed by atoms with Crippen LogP contribution in [0.3, 0.4) is 0 Å². The number of aliphatic imine (C=N–C) groups is 1. The van der Waals surface area contributed by atoms with E-state index in [1.165, 1.54) is 0 Å². The maximum Gasteiger partial charge on any atom is 0.511 e. The average molecular weight is 435 g/mol. The van der Waals surface area contributed by atoms with Crippen molar-refractivity contribution in [2.45, 2.75) is 37.9 Å². The summed E-state index contributed by atoms with van der Waals surface area (Å²) in [4.78, 5) is 15.7. The van der Waals surface area contributed by atoms with Gasteiger partial charge in [-0.1, -0.05) is 12.1 Å². The molecule has 0 aromatic heterocycles. The van der Waals surface area contributed by atoms with E-state index in [-0.39, 0.29) is 38.5 Å². The Balaban J connectivity index is 1.98. The number of sulfonamides is 1. The molecule has 1 aliphatic heterocycles. The molecule has 1 aromatic carbocycles. The molecular weight excluding hydrogens is 411 g/mol. The van der Waals surface area contributed by atoms with Crippen LogP contribution in [0, 0.1) is 0 Å². The van der Waals surface area contributed by atoms with Crippen molar-refractivity contribution < 1.29 is 26.4 Å². The number of carbonyl (C=O) groups is 1. The fourth-order valence-electron chi connectivity index (χ4n) is 2.89. The number of primary amides is 1. The number of carbonyl (C=O) groups excluding carboxylic acids is 1. The normalized spacial score (nSPS) is 17.2. The van der Waals surface area contributed by atoms with Crippen LogP contribution in [-0.2, 0) is 16.6 Å². The zero-order valence-corrected chi connectivity index (χ0v) is 16.7. The van der Waals surface area contributed by atoms with Crippen LogP contribution >= 0.6 is 0 Å². The Morgan fingerprint density at radius 2 is 1.97 bits per heavy atom.